The van der Waals surface area contributed by atoms with Gasteiger partial charge >= 0.3 is 5.91 Å². The van der Waals surface area contributed by atoms with Crippen molar-refractivity contribution in [2.45, 2.75) is 20.5 Å². The minimum Gasteiger partial charge on any atom is -0.490 e. The topological polar surface area (TPSA) is 73.1 Å². The van der Waals surface area contributed by atoms with Gasteiger partial charge in [0.1, 0.15) is 12.2 Å². The molecule has 1 N–H and O–H groups in total. The van der Waals surface area contributed by atoms with Crippen LogP contribution in [0.3, 0.4) is 0 Å². The number of hydrogen-bond acceptors (Lipinski definition) is 5. The normalized spacial score (nSPS) is 11.2. The number of carbonyl (C=O) groups excluding carboxylic acids is 1. The first-order valence-corrected chi connectivity index (χ1v) is 13.0. The van der Waals surface area contributed by atoms with Crippen LogP contribution in [0.5, 0.6) is 11.5 Å². The number of furan rings is 1. The lowest BCUT2D eigenvalue weighted by Crippen LogP contribution is -2.16. The SMILES string of the molecule is CCOc1cc(/C=N\NC(=O)c2cc3cc(Br)cc(I)c3o2)cc(Cl)c1OCc1ccc(C)cc1. The van der Waals surface area contributed by atoms with Crippen molar-refractivity contribution in [1.29, 1.82) is 0 Å². The zero-order valence-electron chi connectivity index (χ0n) is 18.9. The van der Waals surface area contributed by atoms with Gasteiger partial charge in [0, 0.05) is 9.86 Å². The highest BCUT2D eigenvalue weighted by atomic mass is 127. The van der Waals surface area contributed by atoms with Crippen LogP contribution >= 0.6 is 50.1 Å². The van der Waals surface area contributed by atoms with Gasteiger partial charge in [-0.3, -0.25) is 4.79 Å². The molecule has 4 rings (SSSR count). The van der Waals surface area contributed by atoms with E-state index in [0.717, 1.165) is 19.0 Å². The number of benzene rings is 3. The summed E-state index contributed by atoms with van der Waals surface area (Å²) in [7, 11) is 0. The first-order chi connectivity index (χ1) is 16.8. The van der Waals surface area contributed by atoms with Gasteiger partial charge in [-0.15, -0.1) is 0 Å². The molecule has 0 fully saturated rings. The van der Waals surface area contributed by atoms with Crippen LogP contribution in [0.1, 0.15) is 34.2 Å². The van der Waals surface area contributed by atoms with E-state index in [-0.39, 0.29) is 5.76 Å². The van der Waals surface area contributed by atoms with Gasteiger partial charge in [-0.1, -0.05) is 57.4 Å². The number of ether oxygens (including phenoxy) is 2. The average molecular weight is 668 g/mol. The van der Waals surface area contributed by atoms with Gasteiger partial charge in [0.25, 0.3) is 0 Å². The summed E-state index contributed by atoms with van der Waals surface area (Å²) in [4.78, 5) is 12.5. The Kier molecular flexibility index (Phi) is 8.35. The highest BCUT2D eigenvalue weighted by molar-refractivity contribution is 14.1. The molecule has 9 heteroatoms. The van der Waals surface area contributed by atoms with Crippen molar-refractivity contribution in [3.63, 3.8) is 0 Å². The molecular weight excluding hydrogens is 647 g/mol. The maximum Gasteiger partial charge on any atom is 0.307 e. The Bertz CT molecular complexity index is 1400. The molecule has 0 radical (unpaired) electrons. The smallest absolute Gasteiger partial charge is 0.307 e. The van der Waals surface area contributed by atoms with Crippen LogP contribution in [0.15, 0.2) is 68.6 Å². The van der Waals surface area contributed by atoms with Gasteiger partial charge in [-0.25, -0.2) is 5.43 Å². The predicted octanol–water partition coefficient (Wildman–Crippen LogP) is 7.50. The summed E-state index contributed by atoms with van der Waals surface area (Å²) in [6.45, 7) is 4.71. The predicted molar refractivity (Wildman–Crippen MR) is 150 cm³/mol. The van der Waals surface area contributed by atoms with E-state index in [9.17, 15) is 4.79 Å². The van der Waals surface area contributed by atoms with Gasteiger partial charge < -0.3 is 13.9 Å². The molecule has 4 aromatic rings. The molecule has 1 heterocycles. The van der Waals surface area contributed by atoms with Crippen molar-refractivity contribution in [3.8, 4) is 11.5 Å². The molecule has 0 aliphatic rings. The third kappa shape index (κ3) is 6.36. The number of rotatable bonds is 8. The summed E-state index contributed by atoms with van der Waals surface area (Å²) < 4.78 is 19.2. The first-order valence-electron chi connectivity index (χ1n) is 10.7. The maximum absolute atomic E-state index is 12.5. The Morgan fingerprint density at radius 3 is 2.69 bits per heavy atom. The number of nitrogens with one attached hydrogen (secondary N) is 1. The third-order valence-electron chi connectivity index (χ3n) is 4.97. The van der Waals surface area contributed by atoms with Crippen LogP contribution in [0.2, 0.25) is 5.02 Å². The number of carbonyl (C=O) groups is 1. The first kappa shape index (κ1) is 25.5. The molecule has 0 aliphatic heterocycles. The highest BCUT2D eigenvalue weighted by Crippen LogP contribution is 2.37. The van der Waals surface area contributed by atoms with Gasteiger partial charge in [-0.05, 0) is 77.9 Å². The summed E-state index contributed by atoms with van der Waals surface area (Å²) in [6, 6.07) is 17.0. The van der Waals surface area contributed by atoms with Crippen molar-refractivity contribution < 1.29 is 18.7 Å². The fourth-order valence-electron chi connectivity index (χ4n) is 3.31. The van der Waals surface area contributed by atoms with Crippen molar-refractivity contribution in [3.05, 3.63) is 90.1 Å². The number of fused-ring (bicyclic) bond motifs is 1. The molecule has 0 bridgehead atoms. The lowest BCUT2D eigenvalue weighted by molar-refractivity contribution is 0.0929. The maximum atomic E-state index is 12.5. The van der Waals surface area contributed by atoms with E-state index in [1.807, 2.05) is 50.2 Å². The Balaban J connectivity index is 1.47. The number of hydrazone groups is 1. The van der Waals surface area contributed by atoms with Crippen molar-refractivity contribution in [1.82, 2.24) is 5.43 Å². The Labute approximate surface area is 229 Å². The lowest BCUT2D eigenvalue weighted by Gasteiger charge is -2.14. The van der Waals surface area contributed by atoms with Gasteiger partial charge in [0.05, 0.1) is 21.4 Å². The largest absolute Gasteiger partial charge is 0.490 e. The molecule has 3 aromatic carbocycles. The number of aryl methyl sites for hydroxylation is 1. The summed E-state index contributed by atoms with van der Waals surface area (Å²) in [5.41, 5.74) is 5.98. The van der Waals surface area contributed by atoms with Crippen molar-refractivity contribution in [2.75, 3.05) is 6.61 Å². The molecule has 180 valence electrons. The molecule has 0 saturated carbocycles. The second-order valence-electron chi connectivity index (χ2n) is 7.65. The van der Waals surface area contributed by atoms with E-state index in [0.29, 0.717) is 40.9 Å². The summed E-state index contributed by atoms with van der Waals surface area (Å²) in [6.07, 6.45) is 1.49. The zero-order chi connectivity index (χ0) is 24.9. The van der Waals surface area contributed by atoms with E-state index in [2.05, 4.69) is 49.0 Å². The van der Waals surface area contributed by atoms with Gasteiger partial charge in [0.2, 0.25) is 0 Å². The van der Waals surface area contributed by atoms with Crippen LogP contribution in [0, 0.1) is 10.5 Å². The van der Waals surface area contributed by atoms with Crippen LogP contribution in [-0.2, 0) is 6.61 Å². The van der Waals surface area contributed by atoms with E-state index in [1.54, 1.807) is 18.2 Å². The third-order valence-corrected chi connectivity index (χ3v) is 6.51. The number of hydrogen-bond donors (Lipinski definition) is 1. The standard InChI is InChI=1S/C26H21BrClIN2O4/c1-3-33-22-9-17(8-20(28)25(22)34-14-16-6-4-15(2)5-7-16)13-30-31-26(32)23-11-18-10-19(27)12-21(29)24(18)35-23/h4-13H,3,14H2,1-2H3,(H,31,32)/b30-13-. The van der Waals surface area contributed by atoms with Gasteiger partial charge in [-0.2, -0.15) is 5.10 Å². The monoisotopic (exact) mass is 666 g/mol. The van der Waals surface area contributed by atoms with E-state index in [4.69, 9.17) is 25.5 Å². The van der Waals surface area contributed by atoms with Crippen LogP contribution in [0.25, 0.3) is 11.0 Å². The lowest BCUT2D eigenvalue weighted by atomic mass is 10.1. The fourth-order valence-corrected chi connectivity index (χ4v) is 5.25. The van der Waals surface area contributed by atoms with E-state index < -0.39 is 5.91 Å². The van der Waals surface area contributed by atoms with Crippen LogP contribution in [-0.4, -0.2) is 18.7 Å². The summed E-state index contributed by atoms with van der Waals surface area (Å²) in [5.74, 6) is 0.662. The molecule has 0 saturated heterocycles. The Morgan fingerprint density at radius 1 is 1.17 bits per heavy atom. The van der Waals surface area contributed by atoms with Gasteiger partial charge in [0.15, 0.2) is 17.3 Å². The second kappa shape index (κ2) is 11.5. The average Bonchev–Trinajstić information content (AvgIpc) is 3.24. The highest BCUT2D eigenvalue weighted by Gasteiger charge is 2.15. The zero-order valence-corrected chi connectivity index (χ0v) is 23.4. The fraction of sp³-hybridized carbons (Fsp3) is 0.154. The Hall–Kier alpha value is -2.56. The summed E-state index contributed by atoms with van der Waals surface area (Å²) in [5, 5.41) is 5.26. The number of halogens is 3. The molecule has 6 nitrogen and oxygen atoms in total. The quantitative estimate of drug-likeness (QED) is 0.120. The molecule has 1 amide bonds. The van der Waals surface area contributed by atoms with Crippen molar-refractivity contribution in [2.24, 2.45) is 5.10 Å². The molecular formula is C26H21BrClIN2O4. The van der Waals surface area contributed by atoms with E-state index >= 15 is 0 Å². The minimum absolute atomic E-state index is 0.168. The van der Waals surface area contributed by atoms with E-state index in [1.165, 1.54) is 11.8 Å². The number of amides is 1. The molecule has 1 aromatic heterocycles. The second-order valence-corrected chi connectivity index (χ2v) is 10.1. The molecule has 0 aliphatic carbocycles. The summed E-state index contributed by atoms with van der Waals surface area (Å²) >= 11 is 12.1. The molecule has 0 spiro atoms. The minimum atomic E-state index is -0.460. The Morgan fingerprint density at radius 2 is 1.94 bits per heavy atom. The molecule has 0 unspecified atom stereocenters. The number of nitrogens with zero attached hydrogens (tertiary/aromatic N) is 1. The molecule has 0 atom stereocenters. The van der Waals surface area contributed by atoms with Crippen LogP contribution in [0.4, 0.5) is 0 Å². The van der Waals surface area contributed by atoms with Crippen molar-refractivity contribution >= 4 is 73.2 Å². The van der Waals surface area contributed by atoms with Crippen LogP contribution < -0.4 is 14.9 Å². The molecule has 35 heavy (non-hydrogen) atoms.